The molecule has 1 aromatic heterocycles. The van der Waals surface area contributed by atoms with Crippen molar-refractivity contribution in [2.45, 2.75) is 17.9 Å². The number of rotatable bonds is 4. The Labute approximate surface area is 166 Å². The monoisotopic (exact) mass is 423 g/mol. The molecule has 0 bridgehead atoms. The molecule has 0 saturated carbocycles. The van der Waals surface area contributed by atoms with Crippen molar-refractivity contribution < 1.29 is 17.2 Å². The molecule has 4 rings (SSSR count). The topological polar surface area (TPSA) is 53.5 Å². The summed E-state index contributed by atoms with van der Waals surface area (Å²) in [5, 5.41) is 0.990. The van der Waals surface area contributed by atoms with Crippen LogP contribution in [-0.4, -0.2) is 48.8 Å². The van der Waals surface area contributed by atoms with Gasteiger partial charge in [0, 0.05) is 32.2 Å². The van der Waals surface area contributed by atoms with Crippen LogP contribution in [0.3, 0.4) is 0 Å². The van der Waals surface area contributed by atoms with Gasteiger partial charge in [0.1, 0.15) is 16.6 Å². The van der Waals surface area contributed by atoms with Crippen molar-refractivity contribution in [3.8, 4) is 0 Å². The van der Waals surface area contributed by atoms with Crippen LogP contribution in [0.5, 0.6) is 0 Å². The van der Waals surface area contributed by atoms with E-state index >= 15 is 0 Å². The maximum absolute atomic E-state index is 13.4. The number of halogens is 2. The van der Waals surface area contributed by atoms with Gasteiger partial charge < -0.3 is 0 Å². The zero-order valence-corrected chi connectivity index (χ0v) is 16.8. The maximum Gasteiger partial charge on any atom is 0.243 e. The summed E-state index contributed by atoms with van der Waals surface area (Å²) in [6, 6.07) is 10.4. The minimum absolute atomic E-state index is 0.0638. The first-order valence-electron chi connectivity index (χ1n) is 8.90. The van der Waals surface area contributed by atoms with Gasteiger partial charge in [0.05, 0.1) is 21.2 Å². The molecule has 0 amide bonds. The molecule has 5 nitrogen and oxygen atoms in total. The molecule has 28 heavy (non-hydrogen) atoms. The third kappa shape index (κ3) is 3.67. The number of hydrogen-bond acceptors (Lipinski definition) is 5. The van der Waals surface area contributed by atoms with E-state index < -0.39 is 21.7 Å². The number of fused-ring (bicyclic) bond motifs is 1. The van der Waals surface area contributed by atoms with E-state index in [-0.39, 0.29) is 24.0 Å². The number of aromatic nitrogens is 1. The molecule has 0 radical (unpaired) electrons. The average Bonchev–Trinajstić information content (AvgIpc) is 3.11. The van der Waals surface area contributed by atoms with Crippen LogP contribution in [-0.2, 0) is 10.0 Å². The summed E-state index contributed by atoms with van der Waals surface area (Å²) >= 11 is 1.64. The molecule has 2 aromatic carbocycles. The summed E-state index contributed by atoms with van der Waals surface area (Å²) in [4.78, 5) is 6.51. The van der Waals surface area contributed by atoms with Gasteiger partial charge >= 0.3 is 0 Å². The predicted molar refractivity (Wildman–Crippen MR) is 105 cm³/mol. The minimum atomic E-state index is -3.93. The lowest BCUT2D eigenvalue weighted by atomic mass is 10.2. The standard InChI is InChI=1S/C19H19F2N3O2S2/c1-13(19-22-17-4-2-3-5-18(17)27-19)23-6-8-24(9-7-23)28(25,26)16-11-14(20)10-15(21)12-16/h2-5,10-13H,6-9H2,1H3/t13-/m1/s1. The number of piperazine rings is 1. The van der Waals surface area contributed by atoms with Gasteiger partial charge in [-0.2, -0.15) is 4.31 Å². The summed E-state index contributed by atoms with van der Waals surface area (Å²) in [5.74, 6) is -1.80. The molecule has 0 unspecified atom stereocenters. The third-order valence-corrected chi connectivity index (χ3v) is 8.05. The predicted octanol–water partition coefficient (Wildman–Crippen LogP) is 3.64. The van der Waals surface area contributed by atoms with Crippen LogP contribution in [0, 0.1) is 11.6 Å². The smallest absolute Gasteiger partial charge is 0.243 e. The Morgan fingerprint density at radius 3 is 2.32 bits per heavy atom. The summed E-state index contributed by atoms with van der Waals surface area (Å²) < 4.78 is 54.7. The molecular formula is C19H19F2N3O2S2. The number of nitrogens with zero attached hydrogens (tertiary/aromatic N) is 3. The quantitative estimate of drug-likeness (QED) is 0.643. The van der Waals surface area contributed by atoms with Crippen LogP contribution in [0.1, 0.15) is 18.0 Å². The summed E-state index contributed by atoms with van der Waals surface area (Å²) in [5.41, 5.74) is 0.962. The SMILES string of the molecule is C[C@H](c1nc2ccccc2s1)N1CCN(S(=O)(=O)c2cc(F)cc(F)c2)CC1. The van der Waals surface area contributed by atoms with E-state index in [4.69, 9.17) is 0 Å². The van der Waals surface area contributed by atoms with Crippen molar-refractivity contribution in [1.82, 2.24) is 14.2 Å². The van der Waals surface area contributed by atoms with Gasteiger partial charge in [0.15, 0.2) is 0 Å². The Kier molecular flexibility index (Phi) is 5.17. The Morgan fingerprint density at radius 1 is 1.04 bits per heavy atom. The van der Waals surface area contributed by atoms with Gasteiger partial charge in [-0.25, -0.2) is 22.2 Å². The van der Waals surface area contributed by atoms with E-state index in [0.717, 1.165) is 27.4 Å². The highest BCUT2D eigenvalue weighted by Gasteiger charge is 2.31. The third-order valence-electron chi connectivity index (χ3n) is 4.96. The van der Waals surface area contributed by atoms with Crippen LogP contribution in [0.15, 0.2) is 47.4 Å². The number of para-hydroxylation sites is 1. The lowest BCUT2D eigenvalue weighted by Gasteiger charge is -2.36. The van der Waals surface area contributed by atoms with E-state index in [2.05, 4.69) is 16.8 Å². The van der Waals surface area contributed by atoms with Crippen molar-refractivity contribution in [2.24, 2.45) is 0 Å². The molecule has 1 fully saturated rings. The Bertz CT molecular complexity index is 1060. The van der Waals surface area contributed by atoms with Gasteiger partial charge in [-0.05, 0) is 31.2 Å². The molecule has 1 aliphatic rings. The Balaban J connectivity index is 1.47. The largest absolute Gasteiger partial charge is 0.292 e. The van der Waals surface area contributed by atoms with Crippen molar-refractivity contribution in [2.75, 3.05) is 26.2 Å². The van der Waals surface area contributed by atoms with Crippen LogP contribution in [0.2, 0.25) is 0 Å². The molecule has 0 N–H and O–H groups in total. The van der Waals surface area contributed by atoms with E-state index in [0.29, 0.717) is 19.2 Å². The molecule has 0 aliphatic carbocycles. The number of sulfonamides is 1. The lowest BCUT2D eigenvalue weighted by Crippen LogP contribution is -2.49. The van der Waals surface area contributed by atoms with E-state index in [1.165, 1.54) is 4.31 Å². The lowest BCUT2D eigenvalue weighted by molar-refractivity contribution is 0.145. The molecule has 0 spiro atoms. The fourth-order valence-corrected chi connectivity index (χ4v) is 5.90. The van der Waals surface area contributed by atoms with Gasteiger partial charge in [-0.3, -0.25) is 4.90 Å². The molecule has 3 aromatic rings. The Hall–Kier alpha value is -1.94. The second-order valence-corrected chi connectivity index (χ2v) is 9.74. The van der Waals surface area contributed by atoms with Gasteiger partial charge in [-0.1, -0.05) is 12.1 Å². The number of hydrogen-bond donors (Lipinski definition) is 0. The Morgan fingerprint density at radius 2 is 1.68 bits per heavy atom. The van der Waals surface area contributed by atoms with Crippen molar-refractivity contribution >= 4 is 31.6 Å². The first kappa shape index (κ1) is 19.4. The molecule has 1 aliphatic heterocycles. The fourth-order valence-electron chi connectivity index (χ4n) is 3.38. The summed E-state index contributed by atoms with van der Waals surface area (Å²) in [6.45, 7) is 3.62. The number of thiazole rings is 1. The normalized spacial score (nSPS) is 17.8. The first-order chi connectivity index (χ1) is 13.3. The fraction of sp³-hybridized carbons (Fsp3) is 0.316. The van der Waals surface area contributed by atoms with Gasteiger partial charge in [0.25, 0.3) is 0 Å². The molecule has 2 heterocycles. The summed E-state index contributed by atoms with van der Waals surface area (Å²) in [7, 11) is -3.93. The van der Waals surface area contributed by atoms with E-state index in [1.807, 2.05) is 24.3 Å². The summed E-state index contributed by atoms with van der Waals surface area (Å²) in [6.07, 6.45) is 0. The van der Waals surface area contributed by atoms with Crippen LogP contribution >= 0.6 is 11.3 Å². The zero-order valence-electron chi connectivity index (χ0n) is 15.2. The highest BCUT2D eigenvalue weighted by atomic mass is 32.2. The van der Waals surface area contributed by atoms with Crippen LogP contribution in [0.4, 0.5) is 8.78 Å². The number of benzene rings is 2. The van der Waals surface area contributed by atoms with Crippen LogP contribution in [0.25, 0.3) is 10.2 Å². The maximum atomic E-state index is 13.4. The van der Waals surface area contributed by atoms with E-state index in [9.17, 15) is 17.2 Å². The molecule has 148 valence electrons. The minimum Gasteiger partial charge on any atom is -0.292 e. The molecule has 9 heteroatoms. The van der Waals surface area contributed by atoms with Crippen molar-refractivity contribution in [3.05, 3.63) is 59.1 Å². The molecule has 1 atom stereocenters. The second kappa shape index (κ2) is 7.47. The van der Waals surface area contributed by atoms with Crippen LogP contribution < -0.4 is 0 Å². The first-order valence-corrected chi connectivity index (χ1v) is 11.2. The van der Waals surface area contributed by atoms with E-state index in [1.54, 1.807) is 11.3 Å². The second-order valence-electron chi connectivity index (χ2n) is 6.74. The zero-order chi connectivity index (χ0) is 19.9. The highest BCUT2D eigenvalue weighted by molar-refractivity contribution is 7.89. The average molecular weight is 424 g/mol. The van der Waals surface area contributed by atoms with Crippen molar-refractivity contribution in [3.63, 3.8) is 0 Å². The highest BCUT2D eigenvalue weighted by Crippen LogP contribution is 2.30. The van der Waals surface area contributed by atoms with Gasteiger partial charge in [0.2, 0.25) is 10.0 Å². The molecular weight excluding hydrogens is 404 g/mol. The van der Waals surface area contributed by atoms with Gasteiger partial charge in [-0.15, -0.1) is 11.3 Å². The van der Waals surface area contributed by atoms with Crippen molar-refractivity contribution in [1.29, 1.82) is 0 Å². The molecule has 1 saturated heterocycles.